The van der Waals surface area contributed by atoms with E-state index in [1.165, 1.54) is 12.3 Å². The highest BCUT2D eigenvalue weighted by Gasteiger charge is 2.39. The van der Waals surface area contributed by atoms with Gasteiger partial charge >= 0.3 is 0 Å². The highest BCUT2D eigenvalue weighted by molar-refractivity contribution is 7.92. The van der Waals surface area contributed by atoms with Crippen LogP contribution in [0.1, 0.15) is 37.7 Å². The van der Waals surface area contributed by atoms with E-state index in [2.05, 4.69) is 26.3 Å². The zero-order valence-electron chi connectivity index (χ0n) is 18.5. The van der Waals surface area contributed by atoms with Gasteiger partial charge in [-0.25, -0.2) is 18.4 Å². The first-order valence-corrected chi connectivity index (χ1v) is 13.4. The molecule has 2 aliphatic heterocycles. The fourth-order valence-electron chi connectivity index (χ4n) is 4.74. The number of anilines is 2. The highest BCUT2D eigenvalue weighted by atomic mass is 35.5. The lowest BCUT2D eigenvalue weighted by atomic mass is 10.0. The van der Waals surface area contributed by atoms with Crippen molar-refractivity contribution in [3.05, 3.63) is 41.2 Å². The van der Waals surface area contributed by atoms with Crippen LogP contribution in [0.3, 0.4) is 0 Å². The molecule has 1 unspecified atom stereocenters. The Bertz CT molecular complexity index is 1230. The van der Waals surface area contributed by atoms with E-state index in [9.17, 15) is 18.5 Å². The molecule has 0 aromatic carbocycles. The predicted octanol–water partition coefficient (Wildman–Crippen LogP) is 2.62. The first-order chi connectivity index (χ1) is 16.4. The number of aromatic nitrogens is 2. The van der Waals surface area contributed by atoms with Crippen LogP contribution < -0.4 is 10.2 Å². The van der Waals surface area contributed by atoms with E-state index in [0.717, 1.165) is 12.8 Å². The topological polar surface area (TPSA) is 119 Å². The normalized spacial score (nSPS) is 21.5. The number of nitrogens with zero attached hydrogens (tertiary/aromatic N) is 5. The predicted molar refractivity (Wildman–Crippen MR) is 127 cm³/mol. The van der Waals surface area contributed by atoms with Crippen molar-refractivity contribution >= 4 is 38.9 Å². The Kier molecular flexibility index (Phi) is 6.08. The van der Waals surface area contributed by atoms with Crippen LogP contribution in [-0.2, 0) is 14.6 Å². The molecule has 34 heavy (non-hydrogen) atoms. The van der Waals surface area contributed by atoms with Crippen molar-refractivity contribution in [2.75, 3.05) is 29.9 Å². The first-order valence-electron chi connectivity index (χ1n) is 11.4. The molecule has 1 atom stereocenters. The monoisotopic (exact) mass is 500 g/mol. The summed E-state index contributed by atoms with van der Waals surface area (Å²) in [5, 5.41) is 12.9. The smallest absolute Gasteiger partial charge is 0.245 e. The van der Waals surface area contributed by atoms with E-state index < -0.39 is 9.84 Å². The van der Waals surface area contributed by atoms with Crippen LogP contribution in [-0.4, -0.2) is 66.2 Å². The van der Waals surface area contributed by atoms with Crippen molar-refractivity contribution in [1.29, 1.82) is 5.26 Å². The zero-order valence-corrected chi connectivity index (χ0v) is 20.1. The lowest BCUT2D eigenvalue weighted by Gasteiger charge is -2.37. The maximum absolute atomic E-state index is 13.1. The van der Waals surface area contributed by atoms with Gasteiger partial charge in [-0.2, -0.15) is 5.26 Å². The molecular formula is C23H25ClN6O3S. The number of nitrogens with one attached hydrogen (secondary N) is 1. The Morgan fingerprint density at radius 1 is 1.06 bits per heavy atom. The van der Waals surface area contributed by atoms with Gasteiger partial charge in [0.25, 0.3) is 0 Å². The van der Waals surface area contributed by atoms with Gasteiger partial charge in [-0.1, -0.05) is 11.6 Å². The Morgan fingerprint density at radius 3 is 2.47 bits per heavy atom. The number of halogens is 1. The minimum Gasteiger partial charge on any atom is -0.372 e. The van der Waals surface area contributed by atoms with Gasteiger partial charge in [0, 0.05) is 31.9 Å². The summed E-state index contributed by atoms with van der Waals surface area (Å²) in [4.78, 5) is 25.6. The van der Waals surface area contributed by atoms with E-state index in [0.29, 0.717) is 61.0 Å². The minimum atomic E-state index is -3.32. The average molecular weight is 501 g/mol. The summed E-state index contributed by atoms with van der Waals surface area (Å²) in [7, 11) is -3.32. The molecule has 4 heterocycles. The van der Waals surface area contributed by atoms with Crippen LogP contribution in [0.5, 0.6) is 0 Å². The molecule has 2 saturated heterocycles. The molecule has 178 valence electrons. The van der Waals surface area contributed by atoms with Crippen molar-refractivity contribution in [2.45, 2.75) is 54.5 Å². The minimum absolute atomic E-state index is 0.0514. The number of likely N-dealkylation sites (tertiary alicyclic amines) is 1. The van der Waals surface area contributed by atoms with Gasteiger partial charge in [0.05, 0.1) is 27.7 Å². The summed E-state index contributed by atoms with van der Waals surface area (Å²) in [5.74, 6) is 0.688. The van der Waals surface area contributed by atoms with Crippen LogP contribution in [0.15, 0.2) is 35.6 Å². The van der Waals surface area contributed by atoms with E-state index in [1.807, 2.05) is 4.90 Å². The molecule has 3 fully saturated rings. The summed E-state index contributed by atoms with van der Waals surface area (Å²) < 4.78 is 24.6. The number of carbonyl (C=O) groups is 1. The van der Waals surface area contributed by atoms with Crippen LogP contribution in [0.4, 0.5) is 11.5 Å². The Balaban J connectivity index is 1.18. The van der Waals surface area contributed by atoms with Crippen molar-refractivity contribution in [1.82, 2.24) is 14.9 Å². The zero-order chi connectivity index (χ0) is 23.9. The third-order valence-electron chi connectivity index (χ3n) is 6.73. The standard InChI is InChI=1S/C23H25ClN6O3S/c24-16-11-15(12-25)22(27-13-16)29-8-5-18(6-9-29)30-10-7-20(23(30)31)28-17-1-4-21(26-14-17)34(32,33)19-2-3-19/h1,4,11,13-14,18-20,28H,2-3,5-10H2. The Labute approximate surface area is 203 Å². The number of rotatable bonds is 6. The number of nitriles is 1. The molecule has 1 saturated carbocycles. The number of pyridine rings is 2. The van der Waals surface area contributed by atoms with E-state index in [-0.39, 0.29) is 28.3 Å². The fraction of sp³-hybridized carbons (Fsp3) is 0.478. The van der Waals surface area contributed by atoms with Gasteiger partial charge < -0.3 is 15.1 Å². The summed E-state index contributed by atoms with van der Waals surface area (Å²) in [5.41, 5.74) is 1.10. The molecule has 3 aliphatic rings. The maximum Gasteiger partial charge on any atom is 0.245 e. The largest absolute Gasteiger partial charge is 0.372 e. The molecule has 0 spiro atoms. The third kappa shape index (κ3) is 4.42. The number of hydrogen-bond donors (Lipinski definition) is 1. The van der Waals surface area contributed by atoms with E-state index in [4.69, 9.17) is 11.6 Å². The summed E-state index contributed by atoms with van der Waals surface area (Å²) >= 11 is 5.96. The SMILES string of the molecule is N#Cc1cc(Cl)cnc1N1CCC(N2CCC(Nc3ccc(S(=O)(=O)C4CC4)nc3)C2=O)CC1. The third-order valence-corrected chi connectivity index (χ3v) is 9.11. The first kappa shape index (κ1) is 22.9. The molecule has 2 aromatic heterocycles. The van der Waals surface area contributed by atoms with Crippen LogP contribution >= 0.6 is 11.6 Å². The second-order valence-electron chi connectivity index (χ2n) is 9.00. The van der Waals surface area contributed by atoms with E-state index in [1.54, 1.807) is 18.3 Å². The Hall–Kier alpha value is -2.90. The number of hydrogen-bond acceptors (Lipinski definition) is 8. The van der Waals surface area contributed by atoms with Crippen LogP contribution in [0.2, 0.25) is 5.02 Å². The van der Waals surface area contributed by atoms with E-state index >= 15 is 0 Å². The van der Waals surface area contributed by atoms with Gasteiger partial charge in [0.2, 0.25) is 5.91 Å². The van der Waals surface area contributed by atoms with Gasteiger partial charge in [0.1, 0.15) is 17.9 Å². The number of sulfone groups is 1. The molecule has 11 heteroatoms. The number of amides is 1. The van der Waals surface area contributed by atoms with Gasteiger partial charge in [-0.05, 0) is 50.3 Å². The molecule has 2 aromatic rings. The summed E-state index contributed by atoms with van der Waals surface area (Å²) in [6, 6.07) is 6.76. The summed E-state index contributed by atoms with van der Waals surface area (Å²) in [6.45, 7) is 2.08. The molecule has 5 rings (SSSR count). The molecule has 0 radical (unpaired) electrons. The van der Waals surface area contributed by atoms with Gasteiger partial charge in [0.15, 0.2) is 14.9 Å². The van der Waals surface area contributed by atoms with Gasteiger partial charge in [-0.15, -0.1) is 0 Å². The van der Waals surface area contributed by atoms with Crippen molar-refractivity contribution in [3.8, 4) is 6.07 Å². The molecule has 1 amide bonds. The average Bonchev–Trinajstić information content (AvgIpc) is 3.65. The van der Waals surface area contributed by atoms with Crippen LogP contribution in [0.25, 0.3) is 0 Å². The Morgan fingerprint density at radius 2 is 1.82 bits per heavy atom. The number of piperidine rings is 1. The second-order valence-corrected chi connectivity index (χ2v) is 11.6. The second kappa shape index (κ2) is 9.04. The highest BCUT2D eigenvalue weighted by Crippen LogP contribution is 2.33. The number of carbonyl (C=O) groups excluding carboxylic acids is 1. The molecule has 1 N–H and O–H groups in total. The lowest BCUT2D eigenvalue weighted by Crippen LogP contribution is -2.47. The van der Waals surface area contributed by atoms with Crippen LogP contribution in [0, 0.1) is 11.3 Å². The van der Waals surface area contributed by atoms with Crippen molar-refractivity contribution in [2.24, 2.45) is 0 Å². The van der Waals surface area contributed by atoms with Crippen molar-refractivity contribution in [3.63, 3.8) is 0 Å². The molecule has 1 aliphatic carbocycles. The lowest BCUT2D eigenvalue weighted by molar-refractivity contribution is -0.130. The van der Waals surface area contributed by atoms with Gasteiger partial charge in [-0.3, -0.25) is 4.79 Å². The van der Waals surface area contributed by atoms with Crippen molar-refractivity contribution < 1.29 is 13.2 Å². The quantitative estimate of drug-likeness (QED) is 0.642. The maximum atomic E-state index is 13.1. The summed E-state index contributed by atoms with van der Waals surface area (Å²) in [6.07, 6.45) is 6.71. The fourth-order valence-corrected chi connectivity index (χ4v) is 6.45. The molecule has 9 nitrogen and oxygen atoms in total. The molecular weight excluding hydrogens is 476 g/mol. The molecule has 0 bridgehead atoms.